The Hall–Kier alpha value is -3.16. The Morgan fingerprint density at radius 1 is 1.03 bits per heavy atom. The van der Waals surface area contributed by atoms with Crippen molar-refractivity contribution < 1.29 is 19.4 Å². The zero-order valence-electron chi connectivity index (χ0n) is 20.9. The second-order valence-corrected chi connectivity index (χ2v) is 10.6. The van der Waals surface area contributed by atoms with E-state index in [4.69, 9.17) is 9.72 Å². The Morgan fingerprint density at radius 3 is 2.29 bits per heavy atom. The number of aromatic nitrogens is 2. The number of rotatable bonds is 5. The Balaban J connectivity index is 1.40. The molecular weight excluding hydrogens is 444 g/mol. The number of nitrogens with zero attached hydrogens (tertiary/aromatic N) is 4. The average Bonchev–Trinajstić information content (AvgIpc) is 2.84. The summed E-state index contributed by atoms with van der Waals surface area (Å²) in [6.07, 6.45) is 5.62. The maximum Gasteiger partial charge on any atom is 0.410 e. The van der Waals surface area contributed by atoms with Gasteiger partial charge in [-0.1, -0.05) is 30.3 Å². The molecule has 1 N–H and O–H groups in total. The van der Waals surface area contributed by atoms with Crippen molar-refractivity contribution in [3.05, 3.63) is 53.3 Å². The number of benzene rings is 1. The van der Waals surface area contributed by atoms with Gasteiger partial charge in [0, 0.05) is 38.3 Å². The van der Waals surface area contributed by atoms with Crippen molar-refractivity contribution in [2.75, 3.05) is 31.1 Å². The number of hydrogen-bond donors (Lipinski definition) is 1. The van der Waals surface area contributed by atoms with Gasteiger partial charge in [0.15, 0.2) is 0 Å². The molecule has 3 heterocycles. The lowest BCUT2D eigenvalue weighted by molar-refractivity contribution is 0.0203. The van der Waals surface area contributed by atoms with Crippen molar-refractivity contribution in [2.24, 2.45) is 5.92 Å². The molecule has 4 rings (SSSR count). The summed E-state index contributed by atoms with van der Waals surface area (Å²) in [5, 5.41) is 9.76. The number of hydrogen-bond acceptors (Lipinski definition) is 6. The summed E-state index contributed by atoms with van der Waals surface area (Å²) in [7, 11) is 0. The Labute approximate surface area is 207 Å². The molecule has 8 nitrogen and oxygen atoms in total. The summed E-state index contributed by atoms with van der Waals surface area (Å²) in [5.74, 6) is 0.196. The summed E-state index contributed by atoms with van der Waals surface area (Å²) in [5.41, 5.74) is 1.56. The van der Waals surface area contributed by atoms with Gasteiger partial charge in [0.1, 0.15) is 5.60 Å². The van der Waals surface area contributed by atoms with Gasteiger partial charge < -0.3 is 19.6 Å². The number of ether oxygens (including phenoxy) is 1. The third-order valence-corrected chi connectivity index (χ3v) is 6.83. The van der Waals surface area contributed by atoms with Gasteiger partial charge in [-0.05, 0) is 64.4 Å². The van der Waals surface area contributed by atoms with Gasteiger partial charge in [0.25, 0.3) is 0 Å². The van der Waals surface area contributed by atoms with E-state index in [1.54, 1.807) is 4.90 Å². The number of amides is 1. The van der Waals surface area contributed by atoms with E-state index in [9.17, 15) is 14.7 Å². The van der Waals surface area contributed by atoms with Gasteiger partial charge in [0.2, 0.25) is 5.95 Å². The van der Waals surface area contributed by atoms with E-state index in [0.29, 0.717) is 43.5 Å². The first-order valence-electron chi connectivity index (χ1n) is 12.6. The molecule has 0 unspecified atom stereocenters. The highest BCUT2D eigenvalue weighted by atomic mass is 16.6. The molecule has 0 radical (unpaired) electrons. The van der Waals surface area contributed by atoms with E-state index in [2.05, 4.69) is 34.1 Å². The lowest BCUT2D eigenvalue weighted by Crippen LogP contribution is -2.41. The van der Waals surface area contributed by atoms with Crippen LogP contribution >= 0.6 is 0 Å². The van der Waals surface area contributed by atoms with Gasteiger partial charge >= 0.3 is 12.1 Å². The van der Waals surface area contributed by atoms with Crippen LogP contribution in [0.2, 0.25) is 0 Å². The zero-order valence-corrected chi connectivity index (χ0v) is 20.9. The van der Waals surface area contributed by atoms with Crippen LogP contribution in [0.5, 0.6) is 0 Å². The van der Waals surface area contributed by atoms with Gasteiger partial charge in [-0.25, -0.2) is 19.6 Å². The summed E-state index contributed by atoms with van der Waals surface area (Å²) >= 11 is 0. The topological polar surface area (TPSA) is 95.9 Å². The number of likely N-dealkylation sites (tertiary alicyclic amines) is 1. The lowest BCUT2D eigenvalue weighted by atomic mass is 9.90. The molecule has 2 fully saturated rings. The minimum absolute atomic E-state index is 0.0304. The zero-order chi connectivity index (χ0) is 25.0. The van der Waals surface area contributed by atoms with Crippen LogP contribution in [-0.4, -0.2) is 63.8 Å². The smallest absolute Gasteiger partial charge is 0.410 e. The Kier molecular flexibility index (Phi) is 7.57. The van der Waals surface area contributed by atoms with Gasteiger partial charge in [0.05, 0.1) is 11.3 Å². The largest absolute Gasteiger partial charge is 0.478 e. The standard InChI is InChI=1S/C27H36N4O4/c1-27(2,3)35-26(34)31-15-11-21(12-16-31)23-22(24(32)33)18-28-25(29-23)30-13-9-20(10-14-30)17-19-7-5-4-6-8-19/h4-8,18,20-21H,9-17H2,1-3H3,(H,32,33). The molecule has 188 valence electrons. The quantitative estimate of drug-likeness (QED) is 0.660. The van der Waals surface area contributed by atoms with E-state index < -0.39 is 11.6 Å². The van der Waals surface area contributed by atoms with Gasteiger partial charge in [-0.15, -0.1) is 0 Å². The first-order chi connectivity index (χ1) is 16.7. The van der Waals surface area contributed by atoms with Crippen molar-refractivity contribution in [1.29, 1.82) is 0 Å². The van der Waals surface area contributed by atoms with Crippen LogP contribution in [-0.2, 0) is 11.2 Å². The molecule has 2 aliphatic rings. The number of aromatic carboxylic acids is 1. The fourth-order valence-corrected chi connectivity index (χ4v) is 4.96. The van der Waals surface area contributed by atoms with Crippen LogP contribution in [0.25, 0.3) is 0 Å². The van der Waals surface area contributed by atoms with E-state index in [1.807, 2.05) is 26.8 Å². The number of piperidine rings is 2. The number of carbonyl (C=O) groups excluding carboxylic acids is 1. The minimum Gasteiger partial charge on any atom is -0.478 e. The minimum atomic E-state index is -1.01. The van der Waals surface area contributed by atoms with E-state index in [-0.39, 0.29) is 17.6 Å². The first kappa shape index (κ1) is 24.9. The van der Waals surface area contributed by atoms with Gasteiger partial charge in [-0.3, -0.25) is 0 Å². The monoisotopic (exact) mass is 480 g/mol. The van der Waals surface area contributed by atoms with Crippen LogP contribution in [0, 0.1) is 5.92 Å². The van der Waals surface area contributed by atoms with Crippen LogP contribution in [0.1, 0.15) is 74.0 Å². The highest BCUT2D eigenvalue weighted by molar-refractivity contribution is 5.88. The molecule has 1 aromatic heterocycles. The molecule has 1 amide bonds. The van der Waals surface area contributed by atoms with Crippen molar-refractivity contribution in [3.63, 3.8) is 0 Å². The average molecular weight is 481 g/mol. The third-order valence-electron chi connectivity index (χ3n) is 6.83. The van der Waals surface area contributed by atoms with Crippen molar-refractivity contribution in [3.8, 4) is 0 Å². The maximum absolute atomic E-state index is 12.4. The van der Waals surface area contributed by atoms with Crippen molar-refractivity contribution >= 4 is 18.0 Å². The highest BCUT2D eigenvalue weighted by Crippen LogP contribution is 2.32. The number of carboxylic acid groups (broad SMARTS) is 1. The van der Waals surface area contributed by atoms with Crippen molar-refractivity contribution in [1.82, 2.24) is 14.9 Å². The van der Waals surface area contributed by atoms with E-state index in [0.717, 1.165) is 32.4 Å². The molecule has 2 saturated heterocycles. The molecule has 0 bridgehead atoms. The van der Waals surface area contributed by atoms with Crippen LogP contribution < -0.4 is 4.90 Å². The lowest BCUT2D eigenvalue weighted by Gasteiger charge is -2.34. The number of carboxylic acids is 1. The fourth-order valence-electron chi connectivity index (χ4n) is 4.96. The first-order valence-corrected chi connectivity index (χ1v) is 12.6. The number of anilines is 1. The predicted octanol–water partition coefficient (Wildman–Crippen LogP) is 4.75. The summed E-state index contributed by atoms with van der Waals surface area (Å²) < 4.78 is 5.49. The SMILES string of the molecule is CC(C)(C)OC(=O)N1CCC(c2nc(N3CCC(Cc4ccccc4)CC3)ncc2C(=O)O)CC1. The Morgan fingerprint density at radius 2 is 1.69 bits per heavy atom. The number of carbonyl (C=O) groups is 2. The normalized spacial score (nSPS) is 17.9. The molecule has 1 aromatic carbocycles. The fraction of sp³-hybridized carbons (Fsp3) is 0.556. The molecule has 2 aliphatic heterocycles. The van der Waals surface area contributed by atoms with Crippen LogP contribution in [0.4, 0.5) is 10.7 Å². The third kappa shape index (κ3) is 6.50. The molecule has 0 saturated carbocycles. The highest BCUT2D eigenvalue weighted by Gasteiger charge is 2.31. The summed E-state index contributed by atoms with van der Waals surface area (Å²) in [6.45, 7) is 8.31. The molecule has 0 spiro atoms. The summed E-state index contributed by atoms with van der Waals surface area (Å²) in [6, 6.07) is 10.6. The predicted molar refractivity (Wildman–Crippen MR) is 134 cm³/mol. The van der Waals surface area contributed by atoms with Crippen LogP contribution in [0.3, 0.4) is 0 Å². The van der Waals surface area contributed by atoms with Crippen molar-refractivity contribution in [2.45, 2.75) is 64.4 Å². The maximum atomic E-state index is 12.4. The molecular formula is C27H36N4O4. The summed E-state index contributed by atoms with van der Waals surface area (Å²) in [4.78, 5) is 37.4. The van der Waals surface area contributed by atoms with Gasteiger partial charge in [-0.2, -0.15) is 0 Å². The molecule has 8 heteroatoms. The molecule has 2 aromatic rings. The second kappa shape index (κ2) is 10.6. The van der Waals surface area contributed by atoms with E-state index in [1.165, 1.54) is 11.8 Å². The van der Waals surface area contributed by atoms with E-state index >= 15 is 0 Å². The molecule has 35 heavy (non-hydrogen) atoms. The second-order valence-electron chi connectivity index (χ2n) is 10.6. The Bertz CT molecular complexity index is 1020. The molecule has 0 atom stereocenters. The molecule has 0 aliphatic carbocycles. The van der Waals surface area contributed by atoms with Crippen LogP contribution in [0.15, 0.2) is 36.5 Å².